The summed E-state index contributed by atoms with van der Waals surface area (Å²) in [5, 5.41) is 16.5. The molecule has 15 heteroatoms. The lowest BCUT2D eigenvalue weighted by atomic mass is 10.0. The molecule has 2 N–H and O–H groups in total. The third kappa shape index (κ3) is 5.98. The molecule has 0 unspecified atom stereocenters. The molecule has 4 heterocycles. The predicted octanol–water partition coefficient (Wildman–Crippen LogP) is 4.29. The number of benzene rings is 2. The molecule has 3 aromatic heterocycles. The molecule has 44 heavy (non-hydrogen) atoms. The average molecular weight is 625 g/mol. The number of H-pyrrole nitrogens is 1. The number of aromatic nitrogens is 5. The second-order valence-corrected chi connectivity index (χ2v) is 12.4. The van der Waals surface area contributed by atoms with Gasteiger partial charge in [-0.2, -0.15) is 5.10 Å². The maximum Gasteiger partial charge on any atom is 0.264 e. The second-order valence-electron chi connectivity index (χ2n) is 10.7. The SMILES string of the molecule is COc1ncc(-c2cc(-c3nnc(CN4CCN(C(C)C)CC4)o3)c3cn[nH]c3c2)cc1NS(=O)(=O)c1ccc(F)cc1F. The van der Waals surface area contributed by atoms with E-state index in [-0.39, 0.29) is 11.6 Å². The Labute approximate surface area is 252 Å². The van der Waals surface area contributed by atoms with Crippen molar-refractivity contribution in [3.8, 4) is 28.5 Å². The van der Waals surface area contributed by atoms with E-state index in [1.54, 1.807) is 6.20 Å². The normalized spacial score (nSPS) is 14.9. The average Bonchev–Trinajstić information content (AvgIpc) is 3.66. The molecule has 0 saturated carbocycles. The summed E-state index contributed by atoms with van der Waals surface area (Å²) in [6.45, 7) is 8.69. The van der Waals surface area contributed by atoms with Crippen molar-refractivity contribution < 1.29 is 26.4 Å². The topological polar surface area (TPSA) is 142 Å². The number of piperazine rings is 1. The van der Waals surface area contributed by atoms with Crippen LogP contribution in [0.3, 0.4) is 0 Å². The Kier molecular flexibility index (Phi) is 8.00. The van der Waals surface area contributed by atoms with Crippen LogP contribution in [0.15, 0.2) is 58.1 Å². The van der Waals surface area contributed by atoms with Crippen LogP contribution in [0.2, 0.25) is 0 Å². The standard InChI is InChI=1S/C29H30F2N8O4S/c1-17(2)39-8-6-38(7-9-39)16-27-35-36-28(43-27)21-10-18(11-24-22(21)15-33-34-24)19-12-25(29(42-3)32-14-19)37-44(40,41)26-5-4-20(30)13-23(26)31/h4-5,10-15,17,37H,6-9,16H2,1-3H3,(H,33,34). The fourth-order valence-corrected chi connectivity index (χ4v) is 6.30. The summed E-state index contributed by atoms with van der Waals surface area (Å²) >= 11 is 0. The van der Waals surface area contributed by atoms with E-state index in [9.17, 15) is 17.2 Å². The molecule has 1 aliphatic rings. The number of methoxy groups -OCH3 is 1. The third-order valence-electron chi connectivity index (χ3n) is 7.56. The maximum atomic E-state index is 14.3. The quantitative estimate of drug-likeness (QED) is 0.244. The van der Waals surface area contributed by atoms with Crippen molar-refractivity contribution in [3.63, 3.8) is 0 Å². The molecule has 1 saturated heterocycles. The summed E-state index contributed by atoms with van der Waals surface area (Å²) in [6, 6.07) is 7.85. The van der Waals surface area contributed by atoms with Crippen LogP contribution in [0.25, 0.3) is 33.5 Å². The molecule has 0 atom stereocenters. The van der Waals surface area contributed by atoms with E-state index < -0.39 is 26.6 Å². The zero-order chi connectivity index (χ0) is 31.0. The third-order valence-corrected chi connectivity index (χ3v) is 8.96. The molecule has 6 rings (SSSR count). The number of fused-ring (bicyclic) bond motifs is 1. The summed E-state index contributed by atoms with van der Waals surface area (Å²) in [7, 11) is -3.13. The van der Waals surface area contributed by atoms with Crippen molar-refractivity contribution in [2.24, 2.45) is 0 Å². The van der Waals surface area contributed by atoms with Crippen molar-refractivity contribution in [1.82, 2.24) is 35.2 Å². The van der Waals surface area contributed by atoms with Crippen molar-refractivity contribution in [2.45, 2.75) is 31.3 Å². The van der Waals surface area contributed by atoms with Crippen molar-refractivity contribution in [2.75, 3.05) is 38.0 Å². The first-order valence-corrected chi connectivity index (χ1v) is 15.4. The molecule has 1 aliphatic heterocycles. The first-order chi connectivity index (χ1) is 21.1. The van der Waals surface area contributed by atoms with Gasteiger partial charge in [0.1, 0.15) is 22.2 Å². The predicted molar refractivity (Wildman–Crippen MR) is 158 cm³/mol. The highest BCUT2D eigenvalue weighted by molar-refractivity contribution is 7.92. The largest absolute Gasteiger partial charge is 0.480 e. The van der Waals surface area contributed by atoms with Gasteiger partial charge in [-0.1, -0.05) is 0 Å². The van der Waals surface area contributed by atoms with Gasteiger partial charge in [0.25, 0.3) is 10.0 Å². The van der Waals surface area contributed by atoms with Gasteiger partial charge in [0.15, 0.2) is 0 Å². The van der Waals surface area contributed by atoms with E-state index >= 15 is 0 Å². The van der Waals surface area contributed by atoms with E-state index in [0.717, 1.165) is 43.7 Å². The number of hydrogen-bond acceptors (Lipinski definition) is 10. The van der Waals surface area contributed by atoms with Crippen LogP contribution in [0, 0.1) is 11.6 Å². The van der Waals surface area contributed by atoms with E-state index in [4.69, 9.17) is 9.15 Å². The highest BCUT2D eigenvalue weighted by Gasteiger charge is 2.24. The fourth-order valence-electron chi connectivity index (χ4n) is 5.19. The van der Waals surface area contributed by atoms with E-state index in [1.165, 1.54) is 19.4 Å². The zero-order valence-electron chi connectivity index (χ0n) is 24.2. The number of pyridine rings is 1. The second kappa shape index (κ2) is 11.9. The monoisotopic (exact) mass is 624 g/mol. The lowest BCUT2D eigenvalue weighted by Gasteiger charge is -2.36. The molecule has 0 spiro atoms. The molecule has 230 valence electrons. The smallest absolute Gasteiger partial charge is 0.264 e. The van der Waals surface area contributed by atoms with Crippen LogP contribution in [-0.2, 0) is 16.6 Å². The molecule has 5 aromatic rings. The van der Waals surface area contributed by atoms with Crippen molar-refractivity contribution in [1.29, 1.82) is 0 Å². The number of anilines is 1. The van der Waals surface area contributed by atoms with Crippen LogP contribution in [0.5, 0.6) is 5.88 Å². The Morgan fingerprint density at radius 2 is 1.84 bits per heavy atom. The van der Waals surface area contributed by atoms with Crippen LogP contribution in [0.1, 0.15) is 19.7 Å². The number of ether oxygens (including phenoxy) is 1. The van der Waals surface area contributed by atoms with Gasteiger partial charge in [-0.25, -0.2) is 22.2 Å². The van der Waals surface area contributed by atoms with Crippen LogP contribution in [0.4, 0.5) is 14.5 Å². The van der Waals surface area contributed by atoms with Gasteiger partial charge in [-0.15, -0.1) is 10.2 Å². The van der Waals surface area contributed by atoms with Gasteiger partial charge >= 0.3 is 0 Å². The Morgan fingerprint density at radius 1 is 1.05 bits per heavy atom. The fraction of sp³-hybridized carbons (Fsp3) is 0.310. The molecule has 0 radical (unpaired) electrons. The molecule has 12 nitrogen and oxygen atoms in total. The van der Waals surface area contributed by atoms with Gasteiger partial charge < -0.3 is 9.15 Å². The summed E-state index contributed by atoms with van der Waals surface area (Å²) in [4.78, 5) is 8.25. The Hall–Kier alpha value is -4.47. The Balaban J connectivity index is 1.30. The minimum absolute atomic E-state index is 0.0431. The summed E-state index contributed by atoms with van der Waals surface area (Å²) < 4.78 is 67.4. The van der Waals surface area contributed by atoms with Crippen LogP contribution in [-0.4, -0.2) is 82.9 Å². The number of aromatic amines is 1. The molecule has 2 aromatic carbocycles. The van der Waals surface area contributed by atoms with Gasteiger partial charge in [0.2, 0.25) is 17.7 Å². The summed E-state index contributed by atoms with van der Waals surface area (Å²) in [5.41, 5.74) is 2.39. The van der Waals surface area contributed by atoms with Gasteiger partial charge in [0, 0.05) is 55.4 Å². The lowest BCUT2D eigenvalue weighted by Crippen LogP contribution is -2.48. The Morgan fingerprint density at radius 3 is 2.57 bits per heavy atom. The Bertz CT molecular complexity index is 1920. The van der Waals surface area contributed by atoms with Crippen LogP contribution < -0.4 is 9.46 Å². The van der Waals surface area contributed by atoms with Crippen molar-refractivity contribution >= 4 is 26.6 Å². The minimum Gasteiger partial charge on any atom is -0.480 e. The summed E-state index contributed by atoms with van der Waals surface area (Å²) in [6.07, 6.45) is 3.17. The maximum absolute atomic E-state index is 14.3. The minimum atomic E-state index is -4.45. The van der Waals surface area contributed by atoms with E-state index in [1.807, 2.05) is 12.1 Å². The van der Waals surface area contributed by atoms with E-state index in [2.05, 4.69) is 53.7 Å². The number of hydrogen-bond donors (Lipinski definition) is 2. The zero-order valence-corrected chi connectivity index (χ0v) is 25.0. The highest BCUT2D eigenvalue weighted by Crippen LogP contribution is 2.36. The van der Waals surface area contributed by atoms with Gasteiger partial charge in [-0.3, -0.25) is 19.6 Å². The highest BCUT2D eigenvalue weighted by atomic mass is 32.2. The molecular weight excluding hydrogens is 594 g/mol. The lowest BCUT2D eigenvalue weighted by molar-refractivity contribution is 0.0979. The first-order valence-electron chi connectivity index (χ1n) is 13.9. The number of rotatable bonds is 9. The molecule has 0 bridgehead atoms. The van der Waals surface area contributed by atoms with Gasteiger partial charge in [-0.05, 0) is 49.7 Å². The van der Waals surface area contributed by atoms with E-state index in [0.29, 0.717) is 52.6 Å². The first kappa shape index (κ1) is 29.6. The van der Waals surface area contributed by atoms with Crippen molar-refractivity contribution in [3.05, 3.63) is 66.3 Å². The summed E-state index contributed by atoms with van der Waals surface area (Å²) in [5.74, 6) is -1.37. The molecular formula is C29H30F2N8O4S. The van der Waals surface area contributed by atoms with Gasteiger partial charge in [0.05, 0.1) is 30.9 Å². The van der Waals surface area contributed by atoms with Crippen LogP contribution >= 0.6 is 0 Å². The molecule has 0 amide bonds. The number of nitrogens with one attached hydrogen (secondary N) is 2. The number of nitrogens with zero attached hydrogens (tertiary/aromatic N) is 6. The number of sulfonamides is 1. The molecule has 1 fully saturated rings. The number of halogens is 2. The molecule has 0 aliphatic carbocycles.